The van der Waals surface area contributed by atoms with Gasteiger partial charge in [-0.2, -0.15) is 0 Å². The van der Waals surface area contributed by atoms with Crippen LogP contribution in [0, 0.1) is 17.3 Å². The lowest BCUT2D eigenvalue weighted by Gasteiger charge is -2.37. The Bertz CT molecular complexity index is 295. The molecule has 0 aromatic carbocycles. The Morgan fingerprint density at radius 3 is 2.63 bits per heavy atom. The quantitative estimate of drug-likeness (QED) is 0.821. The Hall–Kier alpha value is -0.570. The highest BCUT2D eigenvalue weighted by Gasteiger charge is 2.36. The van der Waals surface area contributed by atoms with Gasteiger partial charge in [-0.3, -0.25) is 4.79 Å². The number of hydrogen-bond donors (Lipinski definition) is 2. The summed E-state index contributed by atoms with van der Waals surface area (Å²) in [4.78, 5) is 12.3. The Kier molecular flexibility index (Phi) is 5.26. The third-order valence-electron chi connectivity index (χ3n) is 5.13. The largest absolute Gasteiger partial charge is 0.356 e. The molecule has 1 unspecified atom stereocenters. The summed E-state index contributed by atoms with van der Waals surface area (Å²) < 4.78 is 0. The monoisotopic (exact) mass is 266 g/mol. The lowest BCUT2D eigenvalue weighted by molar-refractivity contribution is -0.130. The van der Waals surface area contributed by atoms with E-state index in [-0.39, 0.29) is 11.3 Å². The first-order valence-corrected chi connectivity index (χ1v) is 8.08. The molecule has 1 aliphatic heterocycles. The second kappa shape index (κ2) is 6.74. The van der Waals surface area contributed by atoms with E-state index in [0.717, 1.165) is 38.4 Å². The third-order valence-corrected chi connectivity index (χ3v) is 5.13. The van der Waals surface area contributed by atoms with E-state index in [9.17, 15) is 4.79 Å². The van der Waals surface area contributed by atoms with E-state index < -0.39 is 0 Å². The molecular weight excluding hydrogens is 236 g/mol. The van der Waals surface area contributed by atoms with Crippen molar-refractivity contribution in [3.05, 3.63) is 0 Å². The summed E-state index contributed by atoms with van der Waals surface area (Å²) in [5.41, 5.74) is 0.192. The van der Waals surface area contributed by atoms with E-state index in [1.165, 1.54) is 32.1 Å². The van der Waals surface area contributed by atoms with Crippen LogP contribution in [0.15, 0.2) is 0 Å². The summed E-state index contributed by atoms with van der Waals surface area (Å²) in [5.74, 6) is 1.34. The molecule has 3 nitrogen and oxygen atoms in total. The van der Waals surface area contributed by atoms with E-state index >= 15 is 0 Å². The Morgan fingerprint density at radius 2 is 1.95 bits per heavy atom. The van der Waals surface area contributed by atoms with Gasteiger partial charge in [0.05, 0.1) is 0 Å². The molecule has 0 radical (unpaired) electrons. The van der Waals surface area contributed by atoms with Crippen LogP contribution in [0.3, 0.4) is 0 Å². The zero-order chi connectivity index (χ0) is 13.7. The molecular formula is C16H30N2O. The normalized spacial score (nSPS) is 28.0. The first-order valence-electron chi connectivity index (χ1n) is 8.08. The molecule has 1 atom stereocenters. The summed E-state index contributed by atoms with van der Waals surface area (Å²) in [5, 5.41) is 6.58. The van der Waals surface area contributed by atoms with Crippen LogP contribution in [0.1, 0.15) is 58.8 Å². The number of piperidine rings is 1. The molecule has 2 N–H and O–H groups in total. The zero-order valence-electron chi connectivity index (χ0n) is 12.6. The number of hydrogen-bond acceptors (Lipinski definition) is 2. The second-order valence-electron chi connectivity index (χ2n) is 7.06. The minimum atomic E-state index is 0.192. The molecule has 0 aromatic heterocycles. The average molecular weight is 266 g/mol. The van der Waals surface area contributed by atoms with Crippen molar-refractivity contribution < 1.29 is 4.79 Å². The van der Waals surface area contributed by atoms with Gasteiger partial charge in [-0.1, -0.05) is 26.7 Å². The van der Waals surface area contributed by atoms with Crippen molar-refractivity contribution in [1.29, 1.82) is 0 Å². The maximum Gasteiger partial charge on any atom is 0.223 e. The molecule has 0 spiro atoms. The van der Waals surface area contributed by atoms with Gasteiger partial charge in [0.2, 0.25) is 5.91 Å². The van der Waals surface area contributed by atoms with Crippen molar-refractivity contribution in [2.24, 2.45) is 17.3 Å². The minimum Gasteiger partial charge on any atom is -0.356 e. The molecule has 1 saturated heterocycles. The van der Waals surface area contributed by atoms with E-state index in [4.69, 9.17) is 0 Å². The fourth-order valence-corrected chi connectivity index (χ4v) is 3.67. The highest BCUT2D eigenvalue weighted by molar-refractivity contribution is 5.79. The lowest BCUT2D eigenvalue weighted by atomic mass is 9.68. The summed E-state index contributed by atoms with van der Waals surface area (Å²) >= 11 is 0. The first-order chi connectivity index (χ1) is 9.09. The molecule has 1 saturated carbocycles. The Morgan fingerprint density at radius 1 is 1.21 bits per heavy atom. The van der Waals surface area contributed by atoms with Crippen LogP contribution in [-0.4, -0.2) is 25.5 Å². The Balaban J connectivity index is 1.71. The van der Waals surface area contributed by atoms with Gasteiger partial charge < -0.3 is 10.6 Å². The van der Waals surface area contributed by atoms with Crippen molar-refractivity contribution in [3.63, 3.8) is 0 Å². The smallest absolute Gasteiger partial charge is 0.223 e. The molecule has 0 bridgehead atoms. The minimum absolute atomic E-state index is 0.192. The molecule has 1 amide bonds. The molecule has 2 rings (SSSR count). The molecule has 1 heterocycles. The molecule has 2 fully saturated rings. The molecule has 0 aromatic rings. The second-order valence-corrected chi connectivity index (χ2v) is 7.06. The number of rotatable bonds is 4. The highest BCUT2D eigenvalue weighted by Crippen LogP contribution is 2.40. The molecule has 2 aliphatic rings. The SMILES string of the molecule is CC1(C)CCCCC1C(=O)NCCC1CCNCC1. The fraction of sp³-hybridized carbons (Fsp3) is 0.938. The summed E-state index contributed by atoms with van der Waals surface area (Å²) in [6.45, 7) is 7.67. The van der Waals surface area contributed by atoms with Gasteiger partial charge in [-0.05, 0) is 56.5 Å². The van der Waals surface area contributed by atoms with Gasteiger partial charge in [0.25, 0.3) is 0 Å². The predicted octanol–water partition coefficient (Wildman–Crippen LogP) is 2.71. The van der Waals surface area contributed by atoms with E-state index in [1.807, 2.05) is 0 Å². The van der Waals surface area contributed by atoms with Gasteiger partial charge in [0.15, 0.2) is 0 Å². The standard InChI is InChI=1S/C16H30N2O/c1-16(2)9-4-3-5-14(16)15(19)18-12-8-13-6-10-17-11-7-13/h13-14,17H,3-12H2,1-2H3,(H,18,19). The number of carbonyl (C=O) groups excluding carboxylic acids is 1. The molecule has 1 aliphatic carbocycles. The van der Waals surface area contributed by atoms with E-state index in [0.29, 0.717) is 5.91 Å². The maximum atomic E-state index is 12.3. The summed E-state index contributed by atoms with van der Waals surface area (Å²) in [6.07, 6.45) is 8.46. The van der Waals surface area contributed by atoms with Gasteiger partial charge in [-0.15, -0.1) is 0 Å². The van der Waals surface area contributed by atoms with E-state index in [1.54, 1.807) is 0 Å². The number of amides is 1. The van der Waals surface area contributed by atoms with Crippen molar-refractivity contribution >= 4 is 5.91 Å². The summed E-state index contributed by atoms with van der Waals surface area (Å²) in [7, 11) is 0. The molecule has 3 heteroatoms. The lowest BCUT2D eigenvalue weighted by Crippen LogP contribution is -2.42. The highest BCUT2D eigenvalue weighted by atomic mass is 16.1. The molecule has 110 valence electrons. The van der Waals surface area contributed by atoms with Crippen molar-refractivity contribution in [1.82, 2.24) is 10.6 Å². The van der Waals surface area contributed by atoms with Gasteiger partial charge in [-0.25, -0.2) is 0 Å². The number of carbonyl (C=O) groups is 1. The van der Waals surface area contributed by atoms with Crippen LogP contribution in [0.25, 0.3) is 0 Å². The van der Waals surface area contributed by atoms with Crippen LogP contribution in [0.4, 0.5) is 0 Å². The van der Waals surface area contributed by atoms with Crippen molar-refractivity contribution in [2.45, 2.75) is 58.8 Å². The predicted molar refractivity (Wildman–Crippen MR) is 79.0 cm³/mol. The van der Waals surface area contributed by atoms with Gasteiger partial charge in [0.1, 0.15) is 0 Å². The van der Waals surface area contributed by atoms with Crippen LogP contribution >= 0.6 is 0 Å². The average Bonchev–Trinajstić information content (AvgIpc) is 2.39. The zero-order valence-corrected chi connectivity index (χ0v) is 12.6. The van der Waals surface area contributed by atoms with Gasteiger partial charge in [0, 0.05) is 12.5 Å². The van der Waals surface area contributed by atoms with E-state index in [2.05, 4.69) is 24.5 Å². The van der Waals surface area contributed by atoms with Crippen molar-refractivity contribution in [3.8, 4) is 0 Å². The fourth-order valence-electron chi connectivity index (χ4n) is 3.67. The van der Waals surface area contributed by atoms with Crippen LogP contribution in [-0.2, 0) is 4.79 Å². The number of nitrogens with one attached hydrogen (secondary N) is 2. The van der Waals surface area contributed by atoms with Crippen molar-refractivity contribution in [2.75, 3.05) is 19.6 Å². The first kappa shape index (κ1) is 14.8. The summed E-state index contributed by atoms with van der Waals surface area (Å²) in [6, 6.07) is 0. The van der Waals surface area contributed by atoms with Crippen LogP contribution < -0.4 is 10.6 Å². The van der Waals surface area contributed by atoms with Crippen LogP contribution in [0.5, 0.6) is 0 Å². The van der Waals surface area contributed by atoms with Gasteiger partial charge >= 0.3 is 0 Å². The maximum absolute atomic E-state index is 12.3. The van der Waals surface area contributed by atoms with Crippen LogP contribution in [0.2, 0.25) is 0 Å². The Labute approximate surface area is 117 Å². The molecule has 19 heavy (non-hydrogen) atoms. The topological polar surface area (TPSA) is 41.1 Å². The third kappa shape index (κ3) is 4.20.